The molecule has 0 bridgehead atoms. The smallest absolute Gasteiger partial charge is 0.136 e. The van der Waals surface area contributed by atoms with Crippen molar-refractivity contribution in [2.24, 2.45) is 5.92 Å². The van der Waals surface area contributed by atoms with Crippen LogP contribution in [0, 0.1) is 5.92 Å². The molecule has 2 nitrogen and oxygen atoms in total. The summed E-state index contributed by atoms with van der Waals surface area (Å²) in [6, 6.07) is 7.59. The highest BCUT2D eigenvalue weighted by Crippen LogP contribution is 2.38. The van der Waals surface area contributed by atoms with Gasteiger partial charge in [0.05, 0.1) is 0 Å². The zero-order valence-electron chi connectivity index (χ0n) is 12.4. The van der Waals surface area contributed by atoms with Gasteiger partial charge in [-0.2, -0.15) is 0 Å². The third kappa shape index (κ3) is 3.30. The van der Waals surface area contributed by atoms with Crippen molar-refractivity contribution in [1.82, 2.24) is 0 Å². The molecule has 0 saturated carbocycles. The van der Waals surface area contributed by atoms with E-state index in [1.165, 1.54) is 11.1 Å². The normalized spacial score (nSPS) is 18.5. The van der Waals surface area contributed by atoms with Crippen LogP contribution in [0.1, 0.15) is 57.4 Å². The predicted octanol–water partition coefficient (Wildman–Crippen LogP) is 4.59. The first-order valence-corrected chi connectivity index (χ1v) is 7.65. The van der Waals surface area contributed by atoms with Crippen LogP contribution in [-0.2, 0) is 4.79 Å². The Hall–Kier alpha value is -1.57. The Kier molecular flexibility index (Phi) is 4.99. The lowest BCUT2D eigenvalue weighted by molar-refractivity contribution is -0.118. The first-order valence-electron chi connectivity index (χ1n) is 7.65. The molecule has 108 valence electrons. The van der Waals surface area contributed by atoms with E-state index in [4.69, 9.17) is 0 Å². The Morgan fingerprint density at radius 3 is 2.20 bits per heavy atom. The van der Waals surface area contributed by atoms with Gasteiger partial charge in [0.15, 0.2) is 0 Å². The summed E-state index contributed by atoms with van der Waals surface area (Å²) >= 11 is 0. The molecule has 0 unspecified atom stereocenters. The first-order chi connectivity index (χ1) is 9.65. The number of allylic oxidation sites excluding steroid dienone is 2. The van der Waals surface area contributed by atoms with E-state index in [2.05, 4.69) is 19.9 Å². The van der Waals surface area contributed by atoms with Crippen LogP contribution in [0.15, 0.2) is 35.9 Å². The zero-order chi connectivity index (χ0) is 14.5. The molecule has 0 heterocycles. The highest BCUT2D eigenvalue weighted by Gasteiger charge is 2.25. The Morgan fingerprint density at radius 1 is 1.05 bits per heavy atom. The maximum absolute atomic E-state index is 11.4. The molecule has 1 aromatic rings. The van der Waals surface area contributed by atoms with E-state index in [0.29, 0.717) is 36.2 Å². The molecule has 0 aromatic heterocycles. The Bertz CT molecular complexity index is 485. The zero-order valence-corrected chi connectivity index (χ0v) is 12.4. The Labute approximate surface area is 121 Å². The summed E-state index contributed by atoms with van der Waals surface area (Å²) < 4.78 is 0. The van der Waals surface area contributed by atoms with Gasteiger partial charge in [0.25, 0.3) is 0 Å². The number of carbonyl (C=O) groups is 1. The number of carbonyl (C=O) groups excluding carboxylic acids is 1. The van der Waals surface area contributed by atoms with Crippen LogP contribution < -0.4 is 0 Å². The minimum absolute atomic E-state index is 0.319. The molecule has 0 aliphatic heterocycles. The van der Waals surface area contributed by atoms with Gasteiger partial charge >= 0.3 is 0 Å². The van der Waals surface area contributed by atoms with Crippen molar-refractivity contribution in [3.05, 3.63) is 41.5 Å². The predicted molar refractivity (Wildman–Crippen MR) is 81.9 cm³/mol. The summed E-state index contributed by atoms with van der Waals surface area (Å²) in [5, 5.41) is 9.44. The Balaban J connectivity index is 2.23. The van der Waals surface area contributed by atoms with Crippen molar-refractivity contribution >= 4 is 5.78 Å². The van der Waals surface area contributed by atoms with Gasteiger partial charge in [-0.25, -0.2) is 0 Å². The SMILES string of the molecule is CC[C@H](c1ccc(O)cc1)[C@@H](CC)C1=CCC(=O)CC1. The van der Waals surface area contributed by atoms with Crippen molar-refractivity contribution in [3.63, 3.8) is 0 Å². The average molecular weight is 272 g/mol. The van der Waals surface area contributed by atoms with E-state index in [1.54, 1.807) is 12.1 Å². The second-order valence-electron chi connectivity index (χ2n) is 5.64. The number of hydrogen-bond acceptors (Lipinski definition) is 2. The second kappa shape index (κ2) is 6.74. The summed E-state index contributed by atoms with van der Waals surface area (Å²) in [4.78, 5) is 11.4. The lowest BCUT2D eigenvalue weighted by atomic mass is 9.75. The van der Waals surface area contributed by atoms with Crippen LogP contribution in [0.2, 0.25) is 0 Å². The second-order valence-corrected chi connectivity index (χ2v) is 5.64. The van der Waals surface area contributed by atoms with Crippen molar-refractivity contribution < 1.29 is 9.90 Å². The fraction of sp³-hybridized carbons (Fsp3) is 0.500. The number of benzene rings is 1. The number of aromatic hydroxyl groups is 1. The average Bonchev–Trinajstić information content (AvgIpc) is 2.47. The highest BCUT2D eigenvalue weighted by atomic mass is 16.3. The van der Waals surface area contributed by atoms with E-state index in [1.807, 2.05) is 12.1 Å². The van der Waals surface area contributed by atoms with E-state index < -0.39 is 0 Å². The van der Waals surface area contributed by atoms with Crippen molar-refractivity contribution in [2.45, 2.75) is 51.9 Å². The molecule has 2 atom stereocenters. The lowest BCUT2D eigenvalue weighted by Crippen LogP contribution is -2.17. The molecule has 20 heavy (non-hydrogen) atoms. The van der Waals surface area contributed by atoms with Gasteiger partial charge in [0.2, 0.25) is 0 Å². The minimum atomic E-state index is 0.319. The molecule has 1 N–H and O–H groups in total. The third-order valence-electron chi connectivity index (χ3n) is 4.45. The molecule has 0 saturated heterocycles. The molecule has 1 aliphatic rings. The van der Waals surface area contributed by atoms with Crippen LogP contribution in [-0.4, -0.2) is 10.9 Å². The number of phenolic OH excluding ortho intramolecular Hbond substituents is 1. The molecule has 2 heteroatoms. The van der Waals surface area contributed by atoms with Gasteiger partial charge in [-0.3, -0.25) is 4.79 Å². The molecule has 0 amide bonds. The lowest BCUT2D eigenvalue weighted by Gasteiger charge is -2.30. The number of phenols is 1. The van der Waals surface area contributed by atoms with Gasteiger partial charge < -0.3 is 5.11 Å². The number of rotatable bonds is 5. The van der Waals surface area contributed by atoms with Gasteiger partial charge in [0.1, 0.15) is 11.5 Å². The molecular formula is C18H24O2. The highest BCUT2D eigenvalue weighted by molar-refractivity contribution is 5.81. The summed E-state index contributed by atoms with van der Waals surface area (Å²) in [7, 11) is 0. The molecule has 1 aliphatic carbocycles. The van der Waals surface area contributed by atoms with E-state index in [-0.39, 0.29) is 0 Å². The van der Waals surface area contributed by atoms with E-state index in [9.17, 15) is 9.90 Å². The number of hydrogen-bond donors (Lipinski definition) is 1. The van der Waals surface area contributed by atoms with Gasteiger partial charge in [0, 0.05) is 12.8 Å². The third-order valence-corrected chi connectivity index (χ3v) is 4.45. The first kappa shape index (κ1) is 14.8. The van der Waals surface area contributed by atoms with Crippen LogP contribution in [0.5, 0.6) is 5.75 Å². The van der Waals surface area contributed by atoms with Crippen molar-refractivity contribution in [2.75, 3.05) is 0 Å². The number of ketones is 1. The van der Waals surface area contributed by atoms with Crippen LogP contribution in [0.3, 0.4) is 0 Å². The quantitative estimate of drug-likeness (QED) is 0.796. The molecule has 1 aromatic carbocycles. The van der Waals surface area contributed by atoms with Crippen LogP contribution in [0.4, 0.5) is 0 Å². The minimum Gasteiger partial charge on any atom is -0.508 e. The van der Waals surface area contributed by atoms with Gasteiger partial charge in [-0.05, 0) is 48.8 Å². The van der Waals surface area contributed by atoms with Crippen LogP contribution >= 0.6 is 0 Å². The Morgan fingerprint density at radius 2 is 1.70 bits per heavy atom. The van der Waals surface area contributed by atoms with Crippen molar-refractivity contribution in [3.8, 4) is 5.75 Å². The molecule has 0 spiro atoms. The summed E-state index contributed by atoms with van der Waals surface area (Å²) in [5.41, 5.74) is 2.74. The van der Waals surface area contributed by atoms with Gasteiger partial charge in [-0.1, -0.05) is 37.6 Å². The summed E-state index contributed by atoms with van der Waals surface area (Å²) in [6.07, 6.45) is 6.56. The molecule has 2 rings (SSSR count). The standard InChI is InChI=1S/C18H24O2/c1-3-17(13-5-9-15(19)10-6-13)18(4-2)14-7-11-16(20)12-8-14/h5-7,9-10,17-19H,3-4,8,11-12H2,1-2H3/t17-,18+/m1/s1. The monoisotopic (exact) mass is 272 g/mol. The van der Waals surface area contributed by atoms with Crippen molar-refractivity contribution in [1.29, 1.82) is 0 Å². The topological polar surface area (TPSA) is 37.3 Å². The largest absolute Gasteiger partial charge is 0.508 e. The summed E-state index contributed by atoms with van der Waals surface area (Å²) in [6.45, 7) is 4.44. The van der Waals surface area contributed by atoms with Gasteiger partial charge in [-0.15, -0.1) is 0 Å². The fourth-order valence-electron chi connectivity index (χ4n) is 3.35. The molecular weight excluding hydrogens is 248 g/mol. The maximum atomic E-state index is 11.4. The number of Topliss-reactive ketones (excluding diaryl/α,β-unsaturated/α-hetero) is 1. The van der Waals surface area contributed by atoms with E-state index in [0.717, 1.165) is 19.3 Å². The van der Waals surface area contributed by atoms with Crippen LogP contribution in [0.25, 0.3) is 0 Å². The maximum Gasteiger partial charge on any atom is 0.136 e. The fourth-order valence-corrected chi connectivity index (χ4v) is 3.35. The molecule has 0 fully saturated rings. The molecule has 0 radical (unpaired) electrons. The van der Waals surface area contributed by atoms with E-state index >= 15 is 0 Å². The summed E-state index contributed by atoms with van der Waals surface area (Å²) in [5.74, 6) is 1.66.